The number of hydrogen-bond acceptors (Lipinski definition) is 3. The minimum absolute atomic E-state index is 0.246. The Labute approximate surface area is 91.5 Å². The minimum atomic E-state index is 0.246. The zero-order valence-corrected chi connectivity index (χ0v) is 9.78. The molecule has 74 valence electrons. The molecule has 1 rings (SSSR count). The van der Waals surface area contributed by atoms with Gasteiger partial charge in [0.25, 0.3) is 0 Å². The van der Waals surface area contributed by atoms with Gasteiger partial charge in [-0.15, -0.1) is 0 Å². The van der Waals surface area contributed by atoms with Gasteiger partial charge in [-0.3, -0.25) is 4.68 Å². The highest BCUT2D eigenvalue weighted by molar-refractivity contribution is 14.1. The van der Waals surface area contributed by atoms with Crippen LogP contribution < -0.4 is 5.32 Å². The lowest BCUT2D eigenvalue weighted by Crippen LogP contribution is -2.18. The van der Waals surface area contributed by atoms with E-state index in [0.29, 0.717) is 0 Å². The van der Waals surface area contributed by atoms with E-state index in [2.05, 4.69) is 33.0 Å². The van der Waals surface area contributed by atoms with Gasteiger partial charge in [-0.05, 0) is 35.6 Å². The molecule has 0 aromatic carbocycles. The molecular formula is C8H14IN3O. The fourth-order valence-corrected chi connectivity index (χ4v) is 1.71. The highest BCUT2D eigenvalue weighted by atomic mass is 127. The maximum Gasteiger partial charge on any atom is 0.0652 e. The second-order valence-corrected chi connectivity index (χ2v) is 3.98. The lowest BCUT2D eigenvalue weighted by molar-refractivity contribution is 0.285. The Morgan fingerprint density at radius 3 is 3.00 bits per heavy atom. The van der Waals surface area contributed by atoms with Crippen LogP contribution in [0.5, 0.6) is 0 Å². The van der Waals surface area contributed by atoms with Gasteiger partial charge in [0.2, 0.25) is 0 Å². The van der Waals surface area contributed by atoms with Crippen LogP contribution in [0.1, 0.15) is 12.1 Å². The molecule has 0 spiro atoms. The summed E-state index contributed by atoms with van der Waals surface area (Å²) in [6.45, 7) is 1.90. The molecule has 0 bridgehead atoms. The van der Waals surface area contributed by atoms with Gasteiger partial charge >= 0.3 is 0 Å². The van der Waals surface area contributed by atoms with Gasteiger partial charge in [0.15, 0.2) is 0 Å². The maximum absolute atomic E-state index is 8.57. The molecule has 0 aliphatic heterocycles. The fourth-order valence-electron chi connectivity index (χ4n) is 1.05. The molecule has 4 nitrogen and oxygen atoms in total. The highest BCUT2D eigenvalue weighted by Gasteiger charge is 2.03. The molecule has 0 radical (unpaired) electrons. The number of aromatic nitrogens is 2. The molecule has 0 fully saturated rings. The molecule has 13 heavy (non-hydrogen) atoms. The van der Waals surface area contributed by atoms with E-state index in [1.807, 2.05) is 17.9 Å². The van der Waals surface area contributed by atoms with E-state index < -0.39 is 0 Å². The average molecular weight is 295 g/mol. The molecule has 1 heterocycles. The van der Waals surface area contributed by atoms with E-state index >= 15 is 0 Å². The van der Waals surface area contributed by atoms with E-state index in [1.54, 1.807) is 0 Å². The molecule has 2 N–H and O–H groups in total. The number of rotatable bonds is 5. The molecule has 1 aromatic heterocycles. The third-order valence-corrected chi connectivity index (χ3v) is 2.72. The Kier molecular flexibility index (Phi) is 4.68. The zero-order chi connectivity index (χ0) is 9.68. The molecule has 0 aliphatic carbocycles. The first-order chi connectivity index (χ1) is 6.25. The number of hydrogen-bond donors (Lipinski definition) is 2. The smallest absolute Gasteiger partial charge is 0.0652 e. The normalized spacial score (nSPS) is 10.7. The van der Waals surface area contributed by atoms with Crippen molar-refractivity contribution < 1.29 is 5.11 Å². The van der Waals surface area contributed by atoms with Gasteiger partial charge in [0, 0.05) is 20.2 Å². The van der Waals surface area contributed by atoms with Crippen molar-refractivity contribution in [1.82, 2.24) is 15.1 Å². The molecule has 5 heteroatoms. The zero-order valence-electron chi connectivity index (χ0n) is 7.63. The Morgan fingerprint density at radius 1 is 1.69 bits per heavy atom. The quantitative estimate of drug-likeness (QED) is 0.614. The predicted octanol–water partition coefficient (Wildman–Crippen LogP) is 0.497. The first kappa shape index (κ1) is 10.9. The van der Waals surface area contributed by atoms with Crippen LogP contribution in [0.15, 0.2) is 6.20 Å². The fraction of sp³-hybridized carbons (Fsp3) is 0.625. The molecule has 0 atom stereocenters. The Balaban J connectivity index is 2.36. The number of aliphatic hydroxyl groups is 1. The van der Waals surface area contributed by atoms with Gasteiger partial charge in [-0.25, -0.2) is 0 Å². The first-order valence-corrected chi connectivity index (χ1v) is 5.31. The van der Waals surface area contributed by atoms with Crippen molar-refractivity contribution >= 4 is 22.6 Å². The van der Waals surface area contributed by atoms with Crippen molar-refractivity contribution in [2.45, 2.75) is 13.0 Å². The van der Waals surface area contributed by atoms with E-state index in [1.165, 1.54) is 9.26 Å². The van der Waals surface area contributed by atoms with Crippen LogP contribution in [-0.4, -0.2) is 28.0 Å². The summed E-state index contributed by atoms with van der Waals surface area (Å²) in [7, 11) is 1.94. The maximum atomic E-state index is 8.57. The topological polar surface area (TPSA) is 50.1 Å². The van der Waals surface area contributed by atoms with E-state index in [4.69, 9.17) is 5.11 Å². The van der Waals surface area contributed by atoms with E-state index in [9.17, 15) is 0 Å². The number of halogens is 1. The summed E-state index contributed by atoms with van der Waals surface area (Å²) in [5, 5.41) is 16.0. The van der Waals surface area contributed by atoms with E-state index in [-0.39, 0.29) is 6.61 Å². The van der Waals surface area contributed by atoms with Crippen molar-refractivity contribution in [2.24, 2.45) is 7.05 Å². The average Bonchev–Trinajstić information content (AvgIpc) is 2.42. The van der Waals surface area contributed by atoms with Gasteiger partial charge in [0.1, 0.15) is 0 Å². The standard InChI is InChI=1S/C8H14IN3O/c1-12-8(7(9)5-11-12)6-10-3-2-4-13/h5,10,13H,2-4,6H2,1H3. The van der Waals surface area contributed by atoms with Crippen molar-refractivity contribution in [3.63, 3.8) is 0 Å². The molecule has 0 saturated carbocycles. The molecular weight excluding hydrogens is 281 g/mol. The van der Waals surface area contributed by atoms with Crippen LogP contribution in [0.25, 0.3) is 0 Å². The summed E-state index contributed by atoms with van der Waals surface area (Å²) in [5.74, 6) is 0. The second-order valence-electron chi connectivity index (χ2n) is 2.82. The summed E-state index contributed by atoms with van der Waals surface area (Å²) in [6, 6.07) is 0. The Bertz CT molecular complexity index is 242. The van der Waals surface area contributed by atoms with Crippen molar-refractivity contribution in [3.8, 4) is 0 Å². The van der Waals surface area contributed by atoms with Crippen LogP contribution in [0.3, 0.4) is 0 Å². The van der Waals surface area contributed by atoms with Crippen LogP contribution in [0, 0.1) is 3.57 Å². The minimum Gasteiger partial charge on any atom is -0.396 e. The summed E-state index contributed by atoms with van der Waals surface area (Å²) < 4.78 is 3.05. The monoisotopic (exact) mass is 295 g/mol. The first-order valence-electron chi connectivity index (χ1n) is 4.23. The lowest BCUT2D eigenvalue weighted by Gasteiger charge is -2.04. The van der Waals surface area contributed by atoms with Gasteiger partial charge in [-0.1, -0.05) is 0 Å². The molecule has 0 aliphatic rings. The molecule has 0 saturated heterocycles. The van der Waals surface area contributed by atoms with Crippen molar-refractivity contribution in [2.75, 3.05) is 13.2 Å². The summed E-state index contributed by atoms with van der Waals surface area (Å²) >= 11 is 2.27. The van der Waals surface area contributed by atoms with Gasteiger partial charge in [-0.2, -0.15) is 5.10 Å². The largest absolute Gasteiger partial charge is 0.396 e. The third-order valence-electron chi connectivity index (χ3n) is 1.81. The molecule has 0 unspecified atom stereocenters. The van der Waals surface area contributed by atoms with Crippen LogP contribution >= 0.6 is 22.6 Å². The number of nitrogens with one attached hydrogen (secondary N) is 1. The third kappa shape index (κ3) is 3.24. The number of aliphatic hydroxyl groups excluding tert-OH is 1. The summed E-state index contributed by atoms with van der Waals surface area (Å²) in [4.78, 5) is 0. The van der Waals surface area contributed by atoms with Crippen LogP contribution in [0.2, 0.25) is 0 Å². The van der Waals surface area contributed by atoms with Gasteiger partial charge in [0.05, 0.1) is 15.5 Å². The van der Waals surface area contributed by atoms with Crippen molar-refractivity contribution in [3.05, 3.63) is 15.5 Å². The highest BCUT2D eigenvalue weighted by Crippen LogP contribution is 2.09. The van der Waals surface area contributed by atoms with Crippen molar-refractivity contribution in [1.29, 1.82) is 0 Å². The lowest BCUT2D eigenvalue weighted by atomic mass is 10.4. The van der Waals surface area contributed by atoms with Crippen LogP contribution in [0.4, 0.5) is 0 Å². The number of aryl methyl sites for hydroxylation is 1. The predicted molar refractivity (Wildman–Crippen MR) is 59.3 cm³/mol. The van der Waals surface area contributed by atoms with E-state index in [0.717, 1.165) is 19.5 Å². The molecule has 1 aromatic rings. The summed E-state index contributed by atoms with van der Waals surface area (Å²) in [5.41, 5.74) is 1.19. The molecule has 0 amide bonds. The van der Waals surface area contributed by atoms with Crippen LogP contribution in [-0.2, 0) is 13.6 Å². The Hall–Kier alpha value is -0.140. The summed E-state index contributed by atoms with van der Waals surface area (Å²) in [6.07, 6.45) is 2.65. The second kappa shape index (κ2) is 5.56. The number of nitrogens with zero attached hydrogens (tertiary/aromatic N) is 2. The SMILES string of the molecule is Cn1ncc(I)c1CNCCCO. The Morgan fingerprint density at radius 2 is 2.46 bits per heavy atom. The van der Waals surface area contributed by atoms with Gasteiger partial charge < -0.3 is 10.4 Å².